The molecule has 2 atom stereocenters. The van der Waals surface area contributed by atoms with Gasteiger partial charge in [-0.3, -0.25) is 4.79 Å². The zero-order valence-corrected chi connectivity index (χ0v) is 16.9. The number of urea groups is 1. The Kier molecular flexibility index (Phi) is 6.18. The van der Waals surface area contributed by atoms with E-state index in [-0.39, 0.29) is 24.3 Å². The lowest BCUT2D eigenvalue weighted by Gasteiger charge is -2.37. The summed E-state index contributed by atoms with van der Waals surface area (Å²) in [4.78, 5) is 40.6. The second-order valence-corrected chi connectivity index (χ2v) is 7.82. The van der Waals surface area contributed by atoms with Crippen LogP contribution in [0.2, 0.25) is 0 Å². The Morgan fingerprint density at radius 2 is 1.77 bits per heavy atom. The fourth-order valence-electron chi connectivity index (χ4n) is 4.36. The fourth-order valence-corrected chi connectivity index (χ4v) is 4.36. The first-order chi connectivity index (χ1) is 14.7. The minimum Gasteiger partial charge on any atom is -0.321 e. The monoisotopic (exact) mass is 406 g/mol. The minimum atomic E-state index is -0.436. The molecule has 4 rings (SSSR count). The van der Waals surface area contributed by atoms with Crippen LogP contribution in [0.15, 0.2) is 59.8 Å². The molecule has 0 bridgehead atoms. The number of nitrogens with zero attached hydrogens (tertiary/aromatic N) is 3. The number of rotatable bonds is 5. The molecule has 1 fully saturated rings. The number of nitrogens with one attached hydrogen (secondary N) is 1. The Bertz CT molecular complexity index is 912. The summed E-state index contributed by atoms with van der Waals surface area (Å²) in [5.74, 6) is -0.216. The molecule has 3 amide bonds. The molecule has 1 N–H and O–H groups in total. The van der Waals surface area contributed by atoms with E-state index in [1.54, 1.807) is 4.90 Å². The summed E-state index contributed by atoms with van der Waals surface area (Å²) >= 11 is 0. The lowest BCUT2D eigenvalue weighted by molar-refractivity contribution is -0.118. The number of hydrogen-bond acceptors (Lipinski definition) is 5. The third-order valence-electron chi connectivity index (χ3n) is 5.97. The molecular formula is C23H26N4O3. The average molecular weight is 406 g/mol. The van der Waals surface area contributed by atoms with Gasteiger partial charge in [0.2, 0.25) is 5.91 Å². The first kappa shape index (κ1) is 20.2. The van der Waals surface area contributed by atoms with E-state index in [4.69, 9.17) is 0 Å². The third-order valence-corrected chi connectivity index (χ3v) is 5.97. The molecule has 2 aliphatic heterocycles. The molecular weight excluding hydrogens is 380 g/mol. The van der Waals surface area contributed by atoms with Crippen molar-refractivity contribution >= 4 is 17.6 Å². The normalized spacial score (nSPS) is 19.9. The maximum absolute atomic E-state index is 13.1. The largest absolute Gasteiger partial charge is 0.331 e. The van der Waals surface area contributed by atoms with Crippen LogP contribution in [0.1, 0.15) is 42.3 Å². The predicted molar refractivity (Wildman–Crippen MR) is 115 cm³/mol. The number of amides is 3. The van der Waals surface area contributed by atoms with Gasteiger partial charge >= 0.3 is 6.03 Å². The number of benzene rings is 2. The highest BCUT2D eigenvalue weighted by Gasteiger charge is 2.37. The Balaban J connectivity index is 1.53. The SMILES string of the molecule is O=NC(CCC1CC(=O)N(C(=O)N2CCNCC2)c2ccccc21)c1ccccc1. The smallest absolute Gasteiger partial charge is 0.321 e. The van der Waals surface area contributed by atoms with Crippen molar-refractivity contribution in [2.24, 2.45) is 5.18 Å². The number of anilines is 1. The lowest BCUT2D eigenvalue weighted by atomic mass is 9.84. The zero-order valence-electron chi connectivity index (χ0n) is 16.9. The maximum atomic E-state index is 13.1. The molecule has 0 radical (unpaired) electrons. The summed E-state index contributed by atoms with van der Waals surface area (Å²) < 4.78 is 0. The van der Waals surface area contributed by atoms with Gasteiger partial charge in [-0.1, -0.05) is 53.7 Å². The number of piperazine rings is 1. The van der Waals surface area contributed by atoms with Crippen LogP contribution in [0.4, 0.5) is 10.5 Å². The molecule has 2 aromatic carbocycles. The van der Waals surface area contributed by atoms with Crippen molar-refractivity contribution in [1.82, 2.24) is 10.2 Å². The second-order valence-electron chi connectivity index (χ2n) is 7.82. The summed E-state index contributed by atoms with van der Waals surface area (Å²) in [7, 11) is 0. The highest BCUT2D eigenvalue weighted by atomic mass is 16.3. The van der Waals surface area contributed by atoms with Gasteiger partial charge in [0.15, 0.2) is 0 Å². The molecule has 2 aromatic rings. The first-order valence-corrected chi connectivity index (χ1v) is 10.5. The van der Waals surface area contributed by atoms with Crippen molar-refractivity contribution in [2.75, 3.05) is 31.1 Å². The number of imide groups is 1. The summed E-state index contributed by atoms with van der Waals surface area (Å²) in [6.07, 6.45) is 1.48. The van der Waals surface area contributed by atoms with Crippen LogP contribution in [0, 0.1) is 4.91 Å². The lowest BCUT2D eigenvalue weighted by Crippen LogP contribution is -2.54. The molecule has 2 aliphatic rings. The van der Waals surface area contributed by atoms with Gasteiger partial charge in [0.05, 0.1) is 5.69 Å². The predicted octanol–water partition coefficient (Wildman–Crippen LogP) is 3.82. The molecule has 156 valence electrons. The third kappa shape index (κ3) is 4.11. The summed E-state index contributed by atoms with van der Waals surface area (Å²) in [5.41, 5.74) is 2.54. The zero-order chi connectivity index (χ0) is 20.9. The topological polar surface area (TPSA) is 82.1 Å². The summed E-state index contributed by atoms with van der Waals surface area (Å²) in [6.45, 7) is 2.66. The van der Waals surface area contributed by atoms with Gasteiger partial charge in [-0.05, 0) is 36.0 Å². The number of carbonyl (C=O) groups is 2. The Morgan fingerprint density at radius 1 is 1.07 bits per heavy atom. The van der Waals surface area contributed by atoms with Crippen LogP contribution in [0.3, 0.4) is 0 Å². The van der Waals surface area contributed by atoms with E-state index in [0.717, 1.165) is 24.2 Å². The van der Waals surface area contributed by atoms with Gasteiger partial charge in [0.25, 0.3) is 0 Å². The molecule has 7 heteroatoms. The van der Waals surface area contributed by atoms with E-state index in [0.29, 0.717) is 31.6 Å². The van der Waals surface area contributed by atoms with E-state index in [1.165, 1.54) is 4.90 Å². The standard InChI is InChI=1S/C23H26N4O3/c28-22-16-18(10-11-20(25-30)17-6-2-1-3-7-17)19-8-4-5-9-21(19)27(22)23(29)26-14-12-24-13-15-26/h1-9,18,20,24H,10-16H2. The maximum Gasteiger partial charge on any atom is 0.331 e. The fraction of sp³-hybridized carbons (Fsp3) is 0.391. The van der Waals surface area contributed by atoms with Crippen LogP contribution < -0.4 is 10.2 Å². The van der Waals surface area contributed by atoms with Crippen LogP contribution >= 0.6 is 0 Å². The van der Waals surface area contributed by atoms with Crippen LogP contribution in [0.5, 0.6) is 0 Å². The van der Waals surface area contributed by atoms with Gasteiger partial charge < -0.3 is 10.2 Å². The van der Waals surface area contributed by atoms with Crippen LogP contribution in [0.25, 0.3) is 0 Å². The van der Waals surface area contributed by atoms with Crippen molar-refractivity contribution in [3.05, 3.63) is 70.6 Å². The van der Waals surface area contributed by atoms with E-state index in [9.17, 15) is 14.5 Å². The Labute approximate surface area is 176 Å². The minimum absolute atomic E-state index is 0.0336. The van der Waals surface area contributed by atoms with Crippen LogP contribution in [-0.2, 0) is 4.79 Å². The van der Waals surface area contributed by atoms with Crippen molar-refractivity contribution in [1.29, 1.82) is 0 Å². The molecule has 2 heterocycles. The molecule has 0 spiro atoms. The van der Waals surface area contributed by atoms with Gasteiger partial charge in [-0.25, -0.2) is 9.69 Å². The van der Waals surface area contributed by atoms with Crippen molar-refractivity contribution < 1.29 is 9.59 Å². The summed E-state index contributed by atoms with van der Waals surface area (Å²) in [6, 6.07) is 16.4. The molecule has 0 aromatic heterocycles. The van der Waals surface area contributed by atoms with E-state index in [1.807, 2.05) is 54.6 Å². The van der Waals surface area contributed by atoms with Gasteiger partial charge in [0.1, 0.15) is 6.04 Å². The number of nitroso groups, excluding NO2 is 1. The highest BCUT2D eigenvalue weighted by Crippen LogP contribution is 2.40. The Hall–Kier alpha value is -3.06. The Morgan fingerprint density at radius 3 is 2.50 bits per heavy atom. The number of hydrogen-bond donors (Lipinski definition) is 1. The van der Waals surface area contributed by atoms with E-state index in [2.05, 4.69) is 10.5 Å². The molecule has 0 aliphatic carbocycles. The first-order valence-electron chi connectivity index (χ1n) is 10.5. The number of para-hydroxylation sites is 1. The number of carbonyl (C=O) groups excluding carboxylic acids is 2. The molecule has 2 unspecified atom stereocenters. The quantitative estimate of drug-likeness (QED) is 0.766. The summed E-state index contributed by atoms with van der Waals surface area (Å²) in [5, 5.41) is 6.53. The molecule has 0 saturated carbocycles. The van der Waals surface area contributed by atoms with Gasteiger partial charge in [0, 0.05) is 32.6 Å². The number of fused-ring (bicyclic) bond motifs is 1. The van der Waals surface area contributed by atoms with Gasteiger partial charge in [-0.2, -0.15) is 4.91 Å². The van der Waals surface area contributed by atoms with Gasteiger partial charge in [-0.15, -0.1) is 0 Å². The van der Waals surface area contributed by atoms with E-state index < -0.39 is 6.04 Å². The highest BCUT2D eigenvalue weighted by molar-refractivity contribution is 6.16. The second kappa shape index (κ2) is 9.17. The van der Waals surface area contributed by atoms with Crippen molar-refractivity contribution in [3.8, 4) is 0 Å². The average Bonchev–Trinajstić information content (AvgIpc) is 2.80. The van der Waals surface area contributed by atoms with Crippen LogP contribution in [-0.4, -0.2) is 43.0 Å². The van der Waals surface area contributed by atoms with E-state index >= 15 is 0 Å². The molecule has 7 nitrogen and oxygen atoms in total. The molecule has 1 saturated heterocycles. The van der Waals surface area contributed by atoms with Crippen molar-refractivity contribution in [3.63, 3.8) is 0 Å². The molecule has 30 heavy (non-hydrogen) atoms. The van der Waals surface area contributed by atoms with Crippen molar-refractivity contribution in [2.45, 2.75) is 31.2 Å².